The first kappa shape index (κ1) is 13.9. The second-order valence-electron chi connectivity index (χ2n) is 4.36. The van der Waals surface area contributed by atoms with Crippen molar-refractivity contribution in [2.45, 2.75) is 20.0 Å². The molecule has 6 nitrogen and oxygen atoms in total. The zero-order valence-electron chi connectivity index (χ0n) is 11.6. The summed E-state index contributed by atoms with van der Waals surface area (Å²) in [5.41, 5.74) is 0.879. The van der Waals surface area contributed by atoms with Gasteiger partial charge < -0.3 is 14.8 Å². The molecule has 0 saturated heterocycles. The highest BCUT2D eigenvalue weighted by Gasteiger charge is 2.15. The molecule has 1 aromatic carbocycles. The molecular formula is C14H17N3O3. The topological polar surface area (TPSA) is 76.2 Å². The van der Waals surface area contributed by atoms with Crippen molar-refractivity contribution in [3.8, 4) is 11.5 Å². The average Bonchev–Trinajstić information content (AvgIpc) is 2.85. The predicted molar refractivity (Wildman–Crippen MR) is 75.0 cm³/mol. The van der Waals surface area contributed by atoms with Gasteiger partial charge in [-0.25, -0.2) is 0 Å². The molecule has 2 N–H and O–H groups in total. The van der Waals surface area contributed by atoms with Gasteiger partial charge in [0, 0.05) is 11.8 Å². The molecule has 1 aromatic heterocycles. The molecule has 2 aromatic rings. The summed E-state index contributed by atoms with van der Waals surface area (Å²) in [4.78, 5) is 11.9. The Labute approximate surface area is 117 Å². The number of H-pyrrole nitrogens is 1. The number of amides is 1. The van der Waals surface area contributed by atoms with E-state index in [-0.39, 0.29) is 5.91 Å². The highest BCUT2D eigenvalue weighted by Crippen LogP contribution is 2.18. The Kier molecular flexibility index (Phi) is 4.24. The molecule has 0 aliphatic carbocycles. The molecule has 1 atom stereocenters. The summed E-state index contributed by atoms with van der Waals surface area (Å²) in [5, 5.41) is 9.37. The highest BCUT2D eigenvalue weighted by molar-refractivity contribution is 5.93. The average molecular weight is 275 g/mol. The van der Waals surface area contributed by atoms with Crippen LogP contribution in [0.1, 0.15) is 12.6 Å². The smallest absolute Gasteiger partial charge is 0.266 e. The van der Waals surface area contributed by atoms with Crippen LogP contribution in [0, 0.1) is 6.92 Å². The molecule has 0 spiro atoms. The van der Waals surface area contributed by atoms with E-state index in [9.17, 15) is 4.79 Å². The molecule has 0 fully saturated rings. The van der Waals surface area contributed by atoms with E-state index < -0.39 is 6.10 Å². The SMILES string of the molecule is COc1ccc(OC(C)C(=O)Nc2cc(C)[nH]n2)cc1. The lowest BCUT2D eigenvalue weighted by Gasteiger charge is -2.14. The van der Waals surface area contributed by atoms with Crippen LogP contribution in [0.4, 0.5) is 5.82 Å². The van der Waals surface area contributed by atoms with Gasteiger partial charge in [-0.15, -0.1) is 0 Å². The number of rotatable bonds is 5. The van der Waals surface area contributed by atoms with Crippen LogP contribution < -0.4 is 14.8 Å². The fourth-order valence-electron chi connectivity index (χ4n) is 1.62. The Morgan fingerprint density at radius 3 is 2.50 bits per heavy atom. The number of benzene rings is 1. The second-order valence-corrected chi connectivity index (χ2v) is 4.36. The Morgan fingerprint density at radius 2 is 1.95 bits per heavy atom. The lowest BCUT2D eigenvalue weighted by atomic mass is 10.3. The third kappa shape index (κ3) is 3.50. The highest BCUT2D eigenvalue weighted by atomic mass is 16.5. The molecule has 0 bridgehead atoms. The molecule has 6 heteroatoms. The van der Waals surface area contributed by atoms with Gasteiger partial charge in [0.2, 0.25) is 0 Å². The standard InChI is InChI=1S/C14H17N3O3/c1-9-8-13(17-16-9)15-14(18)10(2)20-12-6-4-11(19-3)5-7-12/h4-8,10H,1-3H3,(H2,15,16,17,18). The normalized spacial score (nSPS) is 11.8. The maximum atomic E-state index is 11.9. The summed E-state index contributed by atoms with van der Waals surface area (Å²) in [5.74, 6) is 1.57. The lowest BCUT2D eigenvalue weighted by Crippen LogP contribution is -2.30. The van der Waals surface area contributed by atoms with E-state index in [0.29, 0.717) is 11.6 Å². The van der Waals surface area contributed by atoms with Crippen LogP contribution in [0.15, 0.2) is 30.3 Å². The van der Waals surface area contributed by atoms with Crippen molar-refractivity contribution in [1.82, 2.24) is 10.2 Å². The van der Waals surface area contributed by atoms with Gasteiger partial charge in [0.1, 0.15) is 11.5 Å². The van der Waals surface area contributed by atoms with Crippen molar-refractivity contribution < 1.29 is 14.3 Å². The number of carbonyl (C=O) groups excluding carboxylic acids is 1. The summed E-state index contributed by atoms with van der Waals surface area (Å²) >= 11 is 0. The maximum Gasteiger partial charge on any atom is 0.266 e. The van der Waals surface area contributed by atoms with E-state index in [1.807, 2.05) is 6.92 Å². The minimum Gasteiger partial charge on any atom is -0.497 e. The molecule has 0 radical (unpaired) electrons. The monoisotopic (exact) mass is 275 g/mol. The Balaban J connectivity index is 1.92. The number of aromatic nitrogens is 2. The Bertz CT molecular complexity index is 578. The Morgan fingerprint density at radius 1 is 1.30 bits per heavy atom. The van der Waals surface area contributed by atoms with Crippen LogP contribution in [0.5, 0.6) is 11.5 Å². The van der Waals surface area contributed by atoms with Gasteiger partial charge in [-0.05, 0) is 38.1 Å². The van der Waals surface area contributed by atoms with E-state index in [1.165, 1.54) is 0 Å². The minimum atomic E-state index is -0.625. The first-order chi connectivity index (χ1) is 9.58. The van der Waals surface area contributed by atoms with Gasteiger partial charge in [-0.1, -0.05) is 0 Å². The third-order valence-corrected chi connectivity index (χ3v) is 2.70. The lowest BCUT2D eigenvalue weighted by molar-refractivity contribution is -0.122. The van der Waals surface area contributed by atoms with Crippen LogP contribution in [-0.4, -0.2) is 29.3 Å². The van der Waals surface area contributed by atoms with Crippen molar-refractivity contribution in [2.75, 3.05) is 12.4 Å². The largest absolute Gasteiger partial charge is 0.497 e. The molecule has 20 heavy (non-hydrogen) atoms. The molecule has 1 heterocycles. The Hall–Kier alpha value is -2.50. The zero-order chi connectivity index (χ0) is 14.5. The summed E-state index contributed by atoms with van der Waals surface area (Å²) in [7, 11) is 1.60. The first-order valence-electron chi connectivity index (χ1n) is 6.22. The maximum absolute atomic E-state index is 11.9. The number of aryl methyl sites for hydroxylation is 1. The van der Waals surface area contributed by atoms with E-state index in [1.54, 1.807) is 44.4 Å². The summed E-state index contributed by atoms with van der Waals surface area (Å²) in [6.07, 6.45) is -0.625. The fraction of sp³-hybridized carbons (Fsp3) is 0.286. The fourth-order valence-corrected chi connectivity index (χ4v) is 1.62. The number of aromatic amines is 1. The number of nitrogens with one attached hydrogen (secondary N) is 2. The molecule has 0 aliphatic rings. The van der Waals surface area contributed by atoms with Crippen LogP contribution in [0.3, 0.4) is 0 Å². The number of carbonyl (C=O) groups is 1. The molecule has 2 rings (SSSR count). The van der Waals surface area contributed by atoms with E-state index in [2.05, 4.69) is 15.5 Å². The molecule has 0 aliphatic heterocycles. The number of anilines is 1. The summed E-state index contributed by atoms with van der Waals surface area (Å²) in [6, 6.07) is 8.80. The number of nitrogens with zero attached hydrogens (tertiary/aromatic N) is 1. The van der Waals surface area contributed by atoms with Gasteiger partial charge in [-0.2, -0.15) is 5.10 Å². The van der Waals surface area contributed by atoms with Crippen LogP contribution in [0.2, 0.25) is 0 Å². The molecular weight excluding hydrogens is 258 g/mol. The molecule has 106 valence electrons. The van der Waals surface area contributed by atoms with E-state index >= 15 is 0 Å². The van der Waals surface area contributed by atoms with E-state index in [0.717, 1.165) is 11.4 Å². The van der Waals surface area contributed by atoms with Crippen LogP contribution in [-0.2, 0) is 4.79 Å². The predicted octanol–water partition coefficient (Wildman–Crippen LogP) is 2.13. The molecule has 0 saturated carbocycles. The van der Waals surface area contributed by atoms with Gasteiger partial charge in [0.05, 0.1) is 7.11 Å². The molecule has 1 amide bonds. The minimum absolute atomic E-state index is 0.257. The van der Waals surface area contributed by atoms with Crippen molar-refractivity contribution in [3.05, 3.63) is 36.0 Å². The quantitative estimate of drug-likeness (QED) is 0.876. The number of hydrogen-bond acceptors (Lipinski definition) is 4. The van der Waals surface area contributed by atoms with E-state index in [4.69, 9.17) is 9.47 Å². The first-order valence-corrected chi connectivity index (χ1v) is 6.22. The van der Waals surface area contributed by atoms with Crippen molar-refractivity contribution in [1.29, 1.82) is 0 Å². The van der Waals surface area contributed by atoms with Gasteiger partial charge in [-0.3, -0.25) is 9.89 Å². The number of ether oxygens (including phenoxy) is 2. The zero-order valence-corrected chi connectivity index (χ0v) is 11.6. The van der Waals surface area contributed by atoms with Gasteiger partial charge >= 0.3 is 0 Å². The third-order valence-electron chi connectivity index (χ3n) is 2.70. The van der Waals surface area contributed by atoms with Crippen LogP contribution >= 0.6 is 0 Å². The van der Waals surface area contributed by atoms with Crippen LogP contribution in [0.25, 0.3) is 0 Å². The second kappa shape index (κ2) is 6.10. The molecule has 1 unspecified atom stereocenters. The number of methoxy groups -OCH3 is 1. The van der Waals surface area contributed by atoms with Crippen molar-refractivity contribution >= 4 is 11.7 Å². The summed E-state index contributed by atoms with van der Waals surface area (Å²) < 4.78 is 10.6. The number of hydrogen-bond donors (Lipinski definition) is 2. The van der Waals surface area contributed by atoms with Gasteiger partial charge in [0.25, 0.3) is 5.91 Å². The van der Waals surface area contributed by atoms with Crippen molar-refractivity contribution in [3.63, 3.8) is 0 Å². The van der Waals surface area contributed by atoms with Gasteiger partial charge in [0.15, 0.2) is 11.9 Å². The van der Waals surface area contributed by atoms with Crippen molar-refractivity contribution in [2.24, 2.45) is 0 Å². The summed E-state index contributed by atoms with van der Waals surface area (Å²) in [6.45, 7) is 3.54.